The number of rotatable bonds is 17. The summed E-state index contributed by atoms with van der Waals surface area (Å²) in [7, 11) is 0. The molecule has 0 N–H and O–H groups in total. The molecule has 0 spiro atoms. The zero-order valence-electron chi connectivity index (χ0n) is 86.6. The largest absolute Gasteiger partial charge is 3.00 e. The summed E-state index contributed by atoms with van der Waals surface area (Å²) in [5, 5.41) is 5.14. The molecule has 0 fully saturated rings. The van der Waals surface area contributed by atoms with Gasteiger partial charge in [0.2, 0.25) is 22.9 Å². The number of fused-ring (bicyclic) bond motifs is 12. The summed E-state index contributed by atoms with van der Waals surface area (Å²) in [6.07, 6.45) is 10.5. The fraction of sp³-hybridized carbons (Fsp3) is 0.0317. The van der Waals surface area contributed by atoms with E-state index >= 15 is 0 Å². The third-order valence-electron chi connectivity index (χ3n) is 26.0. The summed E-state index contributed by atoms with van der Waals surface area (Å²) in [6.45, 7) is -10.1. The number of hydrogen-bond donors (Lipinski definition) is 0. The maximum Gasteiger partial charge on any atom is 3.00 e. The van der Waals surface area contributed by atoms with Crippen molar-refractivity contribution >= 4 is 88.3 Å². The van der Waals surface area contributed by atoms with E-state index in [1.807, 2.05) is 194 Å². The Morgan fingerprint density at radius 1 is 0.211 bits per heavy atom. The van der Waals surface area contributed by atoms with Gasteiger partial charge in [0.1, 0.15) is 0 Å². The van der Waals surface area contributed by atoms with Crippen molar-refractivity contribution in [3.63, 3.8) is 0 Å². The molecule has 14 aromatic heterocycles. The Morgan fingerprint density at radius 2 is 0.430 bits per heavy atom. The number of furan rings is 4. The van der Waals surface area contributed by atoms with Crippen LogP contribution in [0, 0.1) is 63.8 Å². The van der Waals surface area contributed by atoms with Gasteiger partial charge in [0.25, 0.3) is 0 Å². The van der Waals surface area contributed by atoms with Crippen molar-refractivity contribution in [2.45, 2.75) is 27.4 Å². The second-order valence-electron chi connectivity index (χ2n) is 34.2. The van der Waals surface area contributed by atoms with Crippen molar-refractivity contribution in [1.29, 1.82) is 0 Å². The molecule has 0 bridgehead atoms. The van der Waals surface area contributed by atoms with Crippen LogP contribution in [0.1, 0.15) is 39.2 Å². The molecule has 16 heteroatoms. The standard InChI is InChI=1S/C126H74N10O4.2Ir/c1-73-41-47-105-115-97(51-55-101(109-37-17-21-61-127-109)119(115)137-123(105)133-73)93-33-13-9-29-89(93)81-65-79(66-82(69-81)90-30-10-14-34-94(90)98-52-56-102(110-38-18-22-62-128-110)120-116(98)106-48-42-74(2)134-124(106)138-120)87-27-7-5-25-85(87)77-45-59-113(131-71-77)114-60-46-78(72-132-114)86-26-6-8-28-88(86)80-67-83(91-31-11-15-35-95(91)99-53-57-103(111-39-19-23-63-129-111)121-117(99)107-49-43-75(3)135-125(107)139-121)70-84(68-80)92-32-12-16-36-96(92)100-54-58-104(112-40-20-24-64-130-112)122-118(100)108-50-44-76(4)136-126(108)140-122;;/h5-54,61-72H,1-4H3;;/q-6;2*+3/i1D3,2D3,3D3,4D3;;. The fourth-order valence-corrected chi connectivity index (χ4v) is 19.8. The number of benzene rings is 12. The normalized spacial score (nSPS) is 13.2. The first kappa shape index (κ1) is 74.8. The van der Waals surface area contributed by atoms with E-state index in [0.29, 0.717) is 122 Å². The maximum absolute atomic E-state index is 8.38. The minimum Gasteiger partial charge on any atom is -0.486 e. The summed E-state index contributed by atoms with van der Waals surface area (Å²) in [5.74, 6) is 0. The monoisotopic (exact) mass is 2190 g/mol. The molecule has 0 atom stereocenters. The molecule has 0 amide bonds. The molecule has 26 aromatic rings. The molecule has 0 saturated heterocycles. The van der Waals surface area contributed by atoms with Crippen molar-refractivity contribution in [2.24, 2.45) is 0 Å². The molecule has 0 saturated carbocycles. The van der Waals surface area contributed by atoms with Gasteiger partial charge in [0.05, 0.1) is 22.3 Å². The smallest absolute Gasteiger partial charge is 0.486 e. The third kappa shape index (κ3) is 15.3. The number of nitrogens with zero attached hydrogens (tertiary/aromatic N) is 10. The predicted molar refractivity (Wildman–Crippen MR) is 558 cm³/mol. The fourth-order valence-electron chi connectivity index (χ4n) is 19.8. The van der Waals surface area contributed by atoms with E-state index in [0.717, 1.165) is 134 Å². The van der Waals surface area contributed by atoms with Crippen molar-refractivity contribution in [3.8, 4) is 190 Å². The van der Waals surface area contributed by atoms with Gasteiger partial charge in [-0.3, -0.25) is 0 Å². The Labute approximate surface area is 860 Å². The van der Waals surface area contributed by atoms with Gasteiger partial charge >= 0.3 is 40.2 Å². The van der Waals surface area contributed by atoms with Gasteiger partial charge < -0.3 is 47.6 Å². The molecule has 0 aliphatic carbocycles. The topological polar surface area (TPSA) is 181 Å². The molecule has 0 unspecified atom stereocenters. The van der Waals surface area contributed by atoms with Gasteiger partial charge in [-0.15, -0.1) is 59.9 Å². The molecule has 142 heavy (non-hydrogen) atoms. The van der Waals surface area contributed by atoms with Gasteiger partial charge in [0, 0.05) is 85.6 Å². The quantitative estimate of drug-likeness (QED) is 0.0785. The molecule has 26 rings (SSSR count). The molecular formula is C126H74Ir2N10O4. The third-order valence-corrected chi connectivity index (χ3v) is 26.0. The SMILES string of the molecule is [2H]C([2H])([2H])c1ccc2c(n1)oc1c(-c3ccccn3)[c-]cc(-c3ccccc3-c3cc(-c4ccccc4-c4c[c-]c(-c5[c-]cc(-c6ccccc6-c6cc(-c7ccccc7-c7c[c-]c(-c8ccccn8)c8oc9nc(C([2H])([2H])[2H])ccc9c78)cc(-c7ccccc7-c7c[c-]c(-c8ccccn8)c8oc9nc(C([2H])([2H])[2H])ccc9c78)c6)cn5)nc4)cc(-c4ccccc4-c4c[c-]c(-c5ccccn5)c5oc6nc(C([2H])([2H])[2H])ccc6c45)c3)c12.[Ir+3].[Ir+3]. The Hall–Kier alpha value is -17.4. The second-order valence-corrected chi connectivity index (χ2v) is 34.2. The van der Waals surface area contributed by atoms with Crippen molar-refractivity contribution in [2.75, 3.05) is 0 Å². The van der Waals surface area contributed by atoms with E-state index in [4.69, 9.17) is 64.0 Å². The molecule has 12 aromatic carbocycles. The van der Waals surface area contributed by atoms with Gasteiger partial charge in [0.15, 0.2) is 0 Å². The van der Waals surface area contributed by atoms with Crippen LogP contribution in [0.3, 0.4) is 0 Å². The van der Waals surface area contributed by atoms with E-state index in [2.05, 4.69) is 166 Å². The minimum absolute atomic E-state index is 0. The van der Waals surface area contributed by atoms with Crippen LogP contribution in [0.4, 0.5) is 0 Å². The van der Waals surface area contributed by atoms with Crippen molar-refractivity contribution in [3.05, 3.63) is 436 Å². The van der Waals surface area contributed by atoms with Crippen molar-refractivity contribution in [1.82, 2.24) is 49.8 Å². The summed E-state index contributed by atoms with van der Waals surface area (Å²) >= 11 is 0. The van der Waals surface area contributed by atoms with Crippen molar-refractivity contribution < 1.29 is 74.3 Å². The van der Waals surface area contributed by atoms with E-state index in [1.54, 1.807) is 49.1 Å². The van der Waals surface area contributed by atoms with Crippen LogP contribution in [0.5, 0.6) is 0 Å². The first-order valence-electron chi connectivity index (χ1n) is 51.3. The maximum atomic E-state index is 8.38. The van der Waals surface area contributed by atoms with Crippen LogP contribution in [-0.2, 0) is 40.2 Å². The molecule has 14 heterocycles. The molecule has 670 valence electrons. The molecular weight excluding hydrogens is 2100 g/mol. The summed E-state index contributed by atoms with van der Waals surface area (Å²) in [5.41, 5.74) is 26.8. The van der Waals surface area contributed by atoms with Gasteiger partial charge in [-0.25, -0.2) is 32.1 Å². The zero-order valence-corrected chi connectivity index (χ0v) is 79.4. The summed E-state index contributed by atoms with van der Waals surface area (Å²) < 4.78 is 127. The Balaban J connectivity index is 0.00000627. The molecule has 0 aliphatic heterocycles. The minimum atomic E-state index is -2.52. The Bertz CT molecular complexity index is 8980. The Morgan fingerprint density at radius 3 is 0.641 bits per heavy atom. The average molecular weight is 2190 g/mol. The first-order valence-corrected chi connectivity index (χ1v) is 45.3. The number of aryl methyl sites for hydroxylation is 4. The molecule has 0 radical (unpaired) electrons. The van der Waals surface area contributed by atoms with Crippen LogP contribution in [0.15, 0.2) is 395 Å². The number of aromatic nitrogens is 10. The summed E-state index contributed by atoms with van der Waals surface area (Å²) in [4.78, 5) is 47.8. The van der Waals surface area contributed by atoms with E-state index in [-0.39, 0.29) is 85.8 Å². The van der Waals surface area contributed by atoms with Crippen LogP contribution in [-0.4, -0.2) is 49.8 Å². The predicted octanol–water partition coefficient (Wildman–Crippen LogP) is 31.6. The Kier molecular flexibility index (Phi) is 19.1. The number of hydrogen-bond acceptors (Lipinski definition) is 14. The van der Waals surface area contributed by atoms with Crippen LogP contribution in [0.25, 0.3) is 278 Å². The first-order chi connectivity index (χ1) is 73.9. The van der Waals surface area contributed by atoms with E-state index < -0.39 is 27.4 Å². The summed E-state index contributed by atoms with van der Waals surface area (Å²) in [6, 6.07) is 130. The average Bonchev–Trinajstić information content (AvgIpc) is 1.58. The second kappa shape index (κ2) is 36.2. The van der Waals surface area contributed by atoms with Gasteiger partial charge in [-0.1, -0.05) is 283 Å². The molecule has 0 aliphatic rings. The van der Waals surface area contributed by atoms with E-state index in [9.17, 15) is 0 Å². The van der Waals surface area contributed by atoms with E-state index in [1.165, 1.54) is 24.3 Å². The number of pyridine rings is 10. The van der Waals surface area contributed by atoms with Crippen LogP contribution >= 0.6 is 0 Å². The van der Waals surface area contributed by atoms with Crippen LogP contribution < -0.4 is 0 Å². The van der Waals surface area contributed by atoms with Crippen LogP contribution in [0.2, 0.25) is 0 Å². The zero-order chi connectivity index (χ0) is 103. The molecule has 14 nitrogen and oxygen atoms in total. The van der Waals surface area contributed by atoms with Gasteiger partial charge in [-0.05, 0) is 260 Å². The van der Waals surface area contributed by atoms with Gasteiger partial charge in [-0.2, -0.15) is 12.1 Å².